The number of rotatable bonds is 4. The highest BCUT2D eigenvalue weighted by molar-refractivity contribution is 9.10. The maximum atomic E-state index is 3.73. The summed E-state index contributed by atoms with van der Waals surface area (Å²) in [6, 6.07) is 7.17. The van der Waals surface area contributed by atoms with Crippen molar-refractivity contribution in [3.63, 3.8) is 0 Å². The molecule has 3 heteroatoms. The fourth-order valence-electron chi connectivity index (χ4n) is 2.81. The van der Waals surface area contributed by atoms with E-state index in [9.17, 15) is 0 Å². The van der Waals surface area contributed by atoms with Crippen molar-refractivity contribution in [2.24, 2.45) is 5.41 Å². The molecule has 1 N–H and O–H groups in total. The molecule has 0 aromatic heterocycles. The van der Waals surface area contributed by atoms with Crippen molar-refractivity contribution in [3.8, 4) is 0 Å². The van der Waals surface area contributed by atoms with Gasteiger partial charge in [0.25, 0.3) is 0 Å². The third-order valence-electron chi connectivity index (χ3n) is 4.00. The molecule has 2 rings (SSSR count). The molecule has 2 nitrogen and oxygen atoms in total. The standard InChI is InChI=1S/C16H25BrN2/c1-5-18-12(2)14-7-6-13(10-15(14)17)19-9-8-16(3,4)11-19/h6-7,10,12,18H,5,8-9,11H2,1-4H3. The summed E-state index contributed by atoms with van der Waals surface area (Å²) in [5.41, 5.74) is 3.12. The van der Waals surface area contributed by atoms with Crippen molar-refractivity contribution in [2.45, 2.75) is 40.2 Å². The summed E-state index contributed by atoms with van der Waals surface area (Å²) in [5.74, 6) is 0. The maximum absolute atomic E-state index is 3.73. The molecule has 1 heterocycles. The van der Waals surface area contributed by atoms with Crippen LogP contribution in [0.1, 0.15) is 45.7 Å². The summed E-state index contributed by atoms with van der Waals surface area (Å²) < 4.78 is 1.21. The minimum atomic E-state index is 0.392. The van der Waals surface area contributed by atoms with E-state index in [0.717, 1.165) is 13.1 Å². The molecule has 1 aromatic carbocycles. The van der Waals surface area contributed by atoms with Crippen molar-refractivity contribution in [1.82, 2.24) is 5.32 Å². The zero-order valence-electron chi connectivity index (χ0n) is 12.5. The molecule has 0 amide bonds. The summed E-state index contributed by atoms with van der Waals surface area (Å²) in [6.07, 6.45) is 1.28. The van der Waals surface area contributed by atoms with Crippen LogP contribution in [0.15, 0.2) is 22.7 Å². The van der Waals surface area contributed by atoms with Gasteiger partial charge in [0.1, 0.15) is 0 Å². The number of halogens is 1. The van der Waals surface area contributed by atoms with Gasteiger partial charge in [0, 0.05) is 29.3 Å². The Labute approximate surface area is 125 Å². The first kappa shape index (κ1) is 14.9. The van der Waals surface area contributed by atoms with Crippen LogP contribution >= 0.6 is 15.9 Å². The monoisotopic (exact) mass is 324 g/mol. The van der Waals surface area contributed by atoms with Crippen LogP contribution in [0.25, 0.3) is 0 Å². The first-order valence-corrected chi connectivity index (χ1v) is 8.00. The van der Waals surface area contributed by atoms with Gasteiger partial charge >= 0.3 is 0 Å². The molecule has 19 heavy (non-hydrogen) atoms. The van der Waals surface area contributed by atoms with Gasteiger partial charge in [-0.05, 0) is 43.0 Å². The van der Waals surface area contributed by atoms with Gasteiger partial charge in [-0.1, -0.05) is 42.8 Å². The quantitative estimate of drug-likeness (QED) is 0.885. The molecule has 106 valence electrons. The first-order valence-electron chi connectivity index (χ1n) is 7.21. The molecule has 0 bridgehead atoms. The predicted octanol–water partition coefficient (Wildman–Crippen LogP) is 4.36. The number of anilines is 1. The highest BCUT2D eigenvalue weighted by Crippen LogP contribution is 2.35. The smallest absolute Gasteiger partial charge is 0.0377 e. The number of nitrogens with one attached hydrogen (secondary N) is 1. The maximum Gasteiger partial charge on any atom is 0.0377 e. The molecule has 0 saturated carbocycles. The van der Waals surface area contributed by atoms with E-state index in [1.807, 2.05) is 0 Å². The zero-order valence-corrected chi connectivity index (χ0v) is 14.0. The summed E-state index contributed by atoms with van der Waals surface area (Å²) >= 11 is 3.73. The largest absolute Gasteiger partial charge is 0.371 e. The Balaban J connectivity index is 2.15. The molecule has 1 fully saturated rings. The van der Waals surface area contributed by atoms with Gasteiger partial charge in [0.05, 0.1) is 0 Å². The Morgan fingerprint density at radius 3 is 2.68 bits per heavy atom. The first-order chi connectivity index (χ1) is 8.93. The van der Waals surface area contributed by atoms with Crippen molar-refractivity contribution in [3.05, 3.63) is 28.2 Å². The second-order valence-electron chi connectivity index (χ2n) is 6.32. The van der Waals surface area contributed by atoms with Gasteiger partial charge in [-0.25, -0.2) is 0 Å². The number of hydrogen-bond acceptors (Lipinski definition) is 2. The number of benzene rings is 1. The summed E-state index contributed by atoms with van der Waals surface area (Å²) in [7, 11) is 0. The fourth-order valence-corrected chi connectivity index (χ4v) is 3.52. The van der Waals surface area contributed by atoms with Crippen LogP contribution in [0.5, 0.6) is 0 Å². The van der Waals surface area contributed by atoms with Crippen molar-refractivity contribution in [2.75, 3.05) is 24.5 Å². The lowest BCUT2D eigenvalue weighted by Gasteiger charge is -2.23. The second-order valence-corrected chi connectivity index (χ2v) is 7.18. The van der Waals surface area contributed by atoms with Crippen molar-refractivity contribution < 1.29 is 0 Å². The predicted molar refractivity (Wildman–Crippen MR) is 86.8 cm³/mol. The molecule has 0 radical (unpaired) electrons. The Morgan fingerprint density at radius 1 is 1.42 bits per heavy atom. The number of nitrogens with zero attached hydrogens (tertiary/aromatic N) is 1. The van der Waals surface area contributed by atoms with E-state index in [-0.39, 0.29) is 0 Å². The highest BCUT2D eigenvalue weighted by atomic mass is 79.9. The van der Waals surface area contributed by atoms with Crippen molar-refractivity contribution >= 4 is 21.6 Å². The summed E-state index contributed by atoms with van der Waals surface area (Å²) in [4.78, 5) is 2.49. The van der Waals surface area contributed by atoms with Gasteiger partial charge in [0.2, 0.25) is 0 Å². The molecule has 0 aliphatic carbocycles. The fraction of sp³-hybridized carbons (Fsp3) is 0.625. The van der Waals surface area contributed by atoms with Gasteiger partial charge in [-0.3, -0.25) is 0 Å². The van der Waals surface area contributed by atoms with Crippen LogP contribution in [-0.4, -0.2) is 19.6 Å². The molecule has 1 saturated heterocycles. The SMILES string of the molecule is CCNC(C)c1ccc(N2CCC(C)(C)C2)cc1Br. The third kappa shape index (κ3) is 3.51. The van der Waals surface area contributed by atoms with E-state index in [1.54, 1.807) is 0 Å². The highest BCUT2D eigenvalue weighted by Gasteiger charge is 2.29. The third-order valence-corrected chi connectivity index (χ3v) is 4.69. The summed E-state index contributed by atoms with van der Waals surface area (Å²) in [6.45, 7) is 12.4. The Bertz CT molecular complexity index is 442. The average molecular weight is 325 g/mol. The molecule has 1 unspecified atom stereocenters. The van der Waals surface area contributed by atoms with Crippen LogP contribution in [0.2, 0.25) is 0 Å². The zero-order chi connectivity index (χ0) is 14.0. The van der Waals surface area contributed by atoms with Crippen LogP contribution in [0, 0.1) is 5.41 Å². The summed E-state index contributed by atoms with van der Waals surface area (Å²) in [5, 5.41) is 3.46. The molecule has 1 aliphatic heterocycles. The topological polar surface area (TPSA) is 15.3 Å². The van der Waals surface area contributed by atoms with Crippen LogP contribution in [0.4, 0.5) is 5.69 Å². The van der Waals surface area contributed by atoms with E-state index in [0.29, 0.717) is 11.5 Å². The molecule has 0 spiro atoms. The van der Waals surface area contributed by atoms with Crippen LogP contribution in [0.3, 0.4) is 0 Å². The molecular weight excluding hydrogens is 300 g/mol. The average Bonchev–Trinajstić information content (AvgIpc) is 2.70. The Morgan fingerprint density at radius 2 is 2.16 bits per heavy atom. The molecular formula is C16H25BrN2. The Kier molecular flexibility index (Phi) is 4.57. The van der Waals surface area contributed by atoms with Gasteiger partial charge < -0.3 is 10.2 Å². The Hall–Kier alpha value is -0.540. The minimum Gasteiger partial charge on any atom is -0.371 e. The van der Waals surface area contributed by atoms with Crippen LogP contribution in [-0.2, 0) is 0 Å². The van der Waals surface area contributed by atoms with E-state index < -0.39 is 0 Å². The van der Waals surface area contributed by atoms with Crippen LogP contribution < -0.4 is 10.2 Å². The van der Waals surface area contributed by atoms with Gasteiger partial charge in [-0.2, -0.15) is 0 Å². The van der Waals surface area contributed by atoms with E-state index in [1.165, 1.54) is 28.7 Å². The lowest BCUT2D eigenvalue weighted by molar-refractivity contribution is 0.418. The van der Waals surface area contributed by atoms with Gasteiger partial charge in [-0.15, -0.1) is 0 Å². The molecule has 1 aliphatic rings. The lowest BCUT2D eigenvalue weighted by Crippen LogP contribution is -2.23. The normalized spacial score (nSPS) is 19.7. The number of hydrogen-bond donors (Lipinski definition) is 1. The van der Waals surface area contributed by atoms with E-state index >= 15 is 0 Å². The molecule has 1 aromatic rings. The minimum absolute atomic E-state index is 0.392. The van der Waals surface area contributed by atoms with E-state index in [2.05, 4.69) is 72.0 Å². The lowest BCUT2D eigenvalue weighted by atomic mass is 9.93. The second kappa shape index (κ2) is 5.84. The van der Waals surface area contributed by atoms with Gasteiger partial charge in [0.15, 0.2) is 0 Å². The molecule has 1 atom stereocenters. The van der Waals surface area contributed by atoms with Crippen molar-refractivity contribution in [1.29, 1.82) is 0 Å². The van der Waals surface area contributed by atoms with E-state index in [4.69, 9.17) is 0 Å².